The van der Waals surface area contributed by atoms with Gasteiger partial charge in [0.15, 0.2) is 5.82 Å². The largest absolute Gasteiger partial charge is 0.420 e. The normalized spacial score (nSPS) is 11.8. The molecule has 0 aliphatic rings. The molecule has 0 radical (unpaired) electrons. The zero-order chi connectivity index (χ0) is 22.3. The lowest BCUT2D eigenvalue weighted by atomic mass is 10.2. The maximum absolute atomic E-state index is 13.1. The number of nitrogens with one attached hydrogen (secondary N) is 1. The van der Waals surface area contributed by atoms with Gasteiger partial charge in [-0.05, 0) is 36.2 Å². The van der Waals surface area contributed by atoms with Crippen LogP contribution in [0.25, 0.3) is 10.3 Å². The summed E-state index contributed by atoms with van der Waals surface area (Å²) < 4.78 is 5.59. The average molecular weight is 467 g/mol. The predicted octanol–water partition coefficient (Wildman–Crippen LogP) is 3.21. The van der Waals surface area contributed by atoms with Crippen LogP contribution in [0.5, 0.6) is 5.75 Å². The fourth-order valence-electron chi connectivity index (χ4n) is 2.96. The summed E-state index contributed by atoms with van der Waals surface area (Å²) in [7, 11) is 0. The Morgan fingerprint density at radius 3 is 2.88 bits per heavy atom. The van der Waals surface area contributed by atoms with Crippen molar-refractivity contribution in [3.05, 3.63) is 53.3 Å². The summed E-state index contributed by atoms with van der Waals surface area (Å²) in [6.07, 6.45) is 0.904. The molecule has 4 rings (SSSR count). The highest BCUT2D eigenvalue weighted by atomic mass is 32.1. The van der Waals surface area contributed by atoms with E-state index < -0.39 is 6.09 Å². The minimum atomic E-state index is -0.576. The molecule has 0 fully saturated rings. The molecule has 1 N–H and O–H groups in total. The van der Waals surface area contributed by atoms with E-state index in [-0.39, 0.29) is 11.8 Å². The number of H-pyrrole nitrogens is 1. The highest BCUT2D eigenvalue weighted by Crippen LogP contribution is 2.23. The maximum atomic E-state index is 13.1. The first kappa shape index (κ1) is 21.7. The summed E-state index contributed by atoms with van der Waals surface area (Å²) in [6, 6.07) is 12.5. The lowest BCUT2D eigenvalue weighted by Gasteiger charge is -2.24. The van der Waals surface area contributed by atoms with Gasteiger partial charge in [0.1, 0.15) is 21.9 Å². The number of aryl methyl sites for hydroxylation is 1. The first-order valence-electron chi connectivity index (χ1n) is 9.68. The molecule has 3 heterocycles. The van der Waals surface area contributed by atoms with Gasteiger partial charge in [-0.25, -0.2) is 14.8 Å². The number of carbonyl (C=O) groups is 1. The van der Waals surface area contributed by atoms with Gasteiger partial charge in [0, 0.05) is 18.2 Å². The van der Waals surface area contributed by atoms with Crippen molar-refractivity contribution in [2.45, 2.75) is 24.5 Å². The Bertz CT molecular complexity index is 1220. The molecular formula is C20H18N8O2S2. The van der Waals surface area contributed by atoms with Gasteiger partial charge in [-0.3, -0.25) is 4.90 Å². The number of hydrogen-bond donors (Lipinski definition) is 2. The third-order valence-corrected chi connectivity index (χ3v) is 5.73. The molecule has 0 saturated heterocycles. The molecule has 1 atom stereocenters. The van der Waals surface area contributed by atoms with E-state index in [2.05, 4.69) is 49.3 Å². The molecule has 4 aromatic rings. The molecule has 0 spiro atoms. The summed E-state index contributed by atoms with van der Waals surface area (Å²) in [6.45, 7) is 0.267. The fraction of sp³-hybridized carbons (Fsp3) is 0.250. The van der Waals surface area contributed by atoms with Crippen LogP contribution in [0, 0.1) is 11.3 Å². The van der Waals surface area contributed by atoms with Crippen molar-refractivity contribution in [2.24, 2.45) is 0 Å². The number of ether oxygens (including phenoxy) is 1. The minimum absolute atomic E-state index is 0.182. The number of nitriles is 1. The molecule has 0 bridgehead atoms. The van der Waals surface area contributed by atoms with E-state index in [1.807, 2.05) is 6.07 Å². The number of nitrogens with zero attached hydrogens (tertiary/aromatic N) is 7. The van der Waals surface area contributed by atoms with Crippen LogP contribution in [-0.4, -0.2) is 48.5 Å². The van der Waals surface area contributed by atoms with Gasteiger partial charge in [-0.2, -0.15) is 23.1 Å². The standard InChI is InChI=1S/C20H18N8O2S2/c21-10-9-13-1-3-14(4-2-13)30-20(29)28(11-15(31)5-7-17-24-26-27-25-17)18-8-6-16-19(23-18)32-12-22-16/h1-4,6,8,12,15,31H,5,7,9,11H2,(H,24,25,26,27). The first-order chi connectivity index (χ1) is 15.6. The highest BCUT2D eigenvalue weighted by Gasteiger charge is 2.23. The summed E-state index contributed by atoms with van der Waals surface area (Å²) in [5.41, 5.74) is 3.32. The number of aromatic nitrogens is 6. The number of tetrazole rings is 1. The molecule has 12 heteroatoms. The van der Waals surface area contributed by atoms with Crippen molar-refractivity contribution in [2.75, 3.05) is 11.4 Å². The number of benzene rings is 1. The van der Waals surface area contributed by atoms with E-state index in [4.69, 9.17) is 10.00 Å². The van der Waals surface area contributed by atoms with Gasteiger partial charge in [-0.15, -0.1) is 21.5 Å². The average Bonchev–Trinajstić information content (AvgIpc) is 3.49. The Labute approximate surface area is 192 Å². The summed E-state index contributed by atoms with van der Waals surface area (Å²) in [5, 5.41) is 22.5. The van der Waals surface area contributed by atoms with Crippen LogP contribution in [0.4, 0.5) is 10.6 Å². The summed E-state index contributed by atoms with van der Waals surface area (Å²) in [5.74, 6) is 1.41. The summed E-state index contributed by atoms with van der Waals surface area (Å²) >= 11 is 6.04. The molecule has 32 heavy (non-hydrogen) atoms. The number of amides is 1. The van der Waals surface area contributed by atoms with Crippen LogP contribution in [0.2, 0.25) is 0 Å². The number of pyridine rings is 1. The Morgan fingerprint density at radius 2 is 2.12 bits per heavy atom. The lowest BCUT2D eigenvalue weighted by molar-refractivity contribution is 0.207. The van der Waals surface area contributed by atoms with Gasteiger partial charge in [0.05, 0.1) is 18.0 Å². The highest BCUT2D eigenvalue weighted by molar-refractivity contribution is 7.81. The Balaban J connectivity index is 1.51. The van der Waals surface area contributed by atoms with Crippen molar-refractivity contribution < 1.29 is 9.53 Å². The second kappa shape index (κ2) is 10.2. The van der Waals surface area contributed by atoms with Gasteiger partial charge < -0.3 is 4.74 Å². The zero-order valence-electron chi connectivity index (χ0n) is 16.7. The van der Waals surface area contributed by atoms with Crippen LogP contribution in [-0.2, 0) is 12.8 Å². The fourth-order valence-corrected chi connectivity index (χ4v) is 3.91. The lowest BCUT2D eigenvalue weighted by Crippen LogP contribution is -2.38. The van der Waals surface area contributed by atoms with E-state index in [0.717, 1.165) is 15.9 Å². The molecule has 162 valence electrons. The van der Waals surface area contributed by atoms with E-state index in [1.54, 1.807) is 35.8 Å². The van der Waals surface area contributed by atoms with Crippen LogP contribution in [0.3, 0.4) is 0 Å². The number of aromatic amines is 1. The molecule has 3 aromatic heterocycles. The Hall–Kier alpha value is -3.56. The van der Waals surface area contributed by atoms with Crippen molar-refractivity contribution in [3.63, 3.8) is 0 Å². The molecular weight excluding hydrogens is 448 g/mol. The third kappa shape index (κ3) is 5.37. The quantitative estimate of drug-likeness (QED) is 0.378. The van der Waals surface area contributed by atoms with Crippen molar-refractivity contribution in [1.82, 2.24) is 30.6 Å². The van der Waals surface area contributed by atoms with Crippen LogP contribution in [0.15, 0.2) is 41.9 Å². The second-order valence-electron chi connectivity index (χ2n) is 6.82. The smallest absolute Gasteiger partial charge is 0.410 e. The molecule has 1 aromatic carbocycles. The van der Waals surface area contributed by atoms with E-state index in [1.165, 1.54) is 16.2 Å². The topological polar surface area (TPSA) is 134 Å². The van der Waals surface area contributed by atoms with Crippen LogP contribution in [0.1, 0.15) is 17.8 Å². The zero-order valence-corrected chi connectivity index (χ0v) is 18.5. The van der Waals surface area contributed by atoms with Crippen molar-refractivity contribution in [1.29, 1.82) is 5.26 Å². The number of carbonyl (C=O) groups excluding carboxylic acids is 1. The van der Waals surface area contributed by atoms with Crippen LogP contribution < -0.4 is 9.64 Å². The van der Waals surface area contributed by atoms with Crippen molar-refractivity contribution in [3.8, 4) is 11.8 Å². The summed E-state index contributed by atoms with van der Waals surface area (Å²) in [4.78, 5) is 24.1. The molecule has 1 unspecified atom stereocenters. The molecule has 0 saturated carbocycles. The molecule has 0 aliphatic heterocycles. The van der Waals surface area contributed by atoms with Crippen molar-refractivity contribution >= 4 is 46.2 Å². The third-order valence-electron chi connectivity index (χ3n) is 4.57. The van der Waals surface area contributed by atoms with Crippen LogP contribution >= 0.6 is 24.0 Å². The monoisotopic (exact) mass is 466 g/mol. The van der Waals surface area contributed by atoms with Gasteiger partial charge in [-0.1, -0.05) is 17.3 Å². The number of thiol groups is 1. The number of rotatable bonds is 8. The maximum Gasteiger partial charge on any atom is 0.420 e. The Kier molecular flexibility index (Phi) is 6.88. The van der Waals surface area contributed by atoms with E-state index >= 15 is 0 Å². The molecule has 1 amide bonds. The first-order valence-corrected chi connectivity index (χ1v) is 11.1. The predicted molar refractivity (Wildman–Crippen MR) is 122 cm³/mol. The van der Waals surface area contributed by atoms with Gasteiger partial charge in [0.2, 0.25) is 0 Å². The number of anilines is 1. The number of fused-ring (bicyclic) bond motifs is 1. The Morgan fingerprint density at radius 1 is 1.28 bits per heavy atom. The number of thiazole rings is 1. The molecule has 10 nitrogen and oxygen atoms in total. The van der Waals surface area contributed by atoms with Gasteiger partial charge >= 0.3 is 6.09 Å². The minimum Gasteiger partial charge on any atom is -0.410 e. The SMILES string of the molecule is N#CCc1ccc(OC(=O)N(CC(S)CCc2nn[nH]n2)c2ccc3ncsc3n2)cc1. The number of hydrogen-bond acceptors (Lipinski definition) is 10. The van der Waals surface area contributed by atoms with E-state index in [0.29, 0.717) is 36.7 Å². The van der Waals surface area contributed by atoms with E-state index in [9.17, 15) is 4.79 Å². The molecule has 0 aliphatic carbocycles. The van der Waals surface area contributed by atoms with Gasteiger partial charge in [0.25, 0.3) is 0 Å². The second-order valence-corrected chi connectivity index (χ2v) is 8.39.